The van der Waals surface area contributed by atoms with Gasteiger partial charge in [-0.25, -0.2) is 0 Å². The van der Waals surface area contributed by atoms with E-state index in [2.05, 4.69) is 15.5 Å². The van der Waals surface area contributed by atoms with Crippen molar-refractivity contribution in [2.75, 3.05) is 11.9 Å². The minimum atomic E-state index is -0.371. The average molecular weight is 268 g/mol. The second-order valence-corrected chi connectivity index (χ2v) is 5.41. The molecule has 1 N–H and O–H groups in total. The van der Waals surface area contributed by atoms with Crippen LogP contribution in [0.25, 0.3) is 0 Å². The minimum Gasteiger partial charge on any atom is -0.330 e. The summed E-state index contributed by atoms with van der Waals surface area (Å²) < 4.78 is 0. The Bertz CT molecular complexity index is 432. The summed E-state index contributed by atoms with van der Waals surface area (Å²) in [5.41, 5.74) is 1.56. The van der Waals surface area contributed by atoms with Crippen LogP contribution in [-0.2, 0) is 9.59 Å². The van der Waals surface area contributed by atoms with Gasteiger partial charge in [-0.3, -0.25) is 14.9 Å². The van der Waals surface area contributed by atoms with E-state index >= 15 is 0 Å². The normalized spacial score (nSPS) is 19.3. The summed E-state index contributed by atoms with van der Waals surface area (Å²) in [5.74, 6) is -0.219. The van der Waals surface area contributed by atoms with Gasteiger partial charge in [-0.1, -0.05) is 25.2 Å². The van der Waals surface area contributed by atoms with E-state index in [-0.39, 0.29) is 23.8 Å². The summed E-state index contributed by atoms with van der Waals surface area (Å²) in [7, 11) is 0. The number of anilines is 1. The van der Waals surface area contributed by atoms with Crippen LogP contribution >= 0.6 is 11.3 Å². The van der Waals surface area contributed by atoms with Crippen molar-refractivity contribution < 1.29 is 9.59 Å². The quantitative estimate of drug-likeness (QED) is 0.891. The fourth-order valence-electron chi connectivity index (χ4n) is 2.05. The highest BCUT2D eigenvalue weighted by Gasteiger charge is 2.35. The predicted molar refractivity (Wildman–Crippen MR) is 68.1 cm³/mol. The van der Waals surface area contributed by atoms with Gasteiger partial charge in [0.05, 0.1) is 0 Å². The Hall–Kier alpha value is -1.50. The van der Waals surface area contributed by atoms with E-state index in [4.69, 9.17) is 0 Å². The number of hydrogen-bond donors (Lipinski definition) is 1. The molecule has 2 amide bonds. The van der Waals surface area contributed by atoms with E-state index in [1.54, 1.807) is 10.4 Å². The van der Waals surface area contributed by atoms with Crippen LogP contribution in [0.4, 0.5) is 5.13 Å². The zero-order valence-corrected chi connectivity index (χ0v) is 11.2. The SMILES string of the molecule is CC(C)C(=O)N1CCCC1C(=O)Nc1nncs1. The number of carbonyl (C=O) groups excluding carboxylic acids is 2. The summed E-state index contributed by atoms with van der Waals surface area (Å²) in [6, 6.07) is -0.371. The molecule has 1 fully saturated rings. The third kappa shape index (κ3) is 2.66. The van der Waals surface area contributed by atoms with Crippen LogP contribution in [0.3, 0.4) is 0 Å². The smallest absolute Gasteiger partial charge is 0.249 e. The van der Waals surface area contributed by atoms with E-state index in [0.29, 0.717) is 18.1 Å². The topological polar surface area (TPSA) is 75.2 Å². The zero-order chi connectivity index (χ0) is 13.1. The van der Waals surface area contributed by atoms with E-state index < -0.39 is 0 Å². The summed E-state index contributed by atoms with van der Waals surface area (Å²) in [6.07, 6.45) is 1.58. The molecule has 98 valence electrons. The van der Waals surface area contributed by atoms with Crippen molar-refractivity contribution in [3.63, 3.8) is 0 Å². The van der Waals surface area contributed by atoms with Crippen LogP contribution in [-0.4, -0.2) is 39.5 Å². The molecular formula is C11H16N4O2S. The van der Waals surface area contributed by atoms with Crippen molar-refractivity contribution in [3.8, 4) is 0 Å². The number of aromatic nitrogens is 2. The number of carbonyl (C=O) groups is 2. The molecule has 1 saturated heterocycles. The highest BCUT2D eigenvalue weighted by molar-refractivity contribution is 7.13. The van der Waals surface area contributed by atoms with Gasteiger partial charge in [0, 0.05) is 12.5 Å². The lowest BCUT2D eigenvalue weighted by atomic mass is 10.1. The van der Waals surface area contributed by atoms with Crippen LogP contribution in [0.15, 0.2) is 5.51 Å². The Morgan fingerprint density at radius 2 is 2.33 bits per heavy atom. The van der Waals surface area contributed by atoms with Crippen LogP contribution in [0.5, 0.6) is 0 Å². The summed E-state index contributed by atoms with van der Waals surface area (Å²) in [6.45, 7) is 4.35. The standard InChI is InChI=1S/C11H16N4O2S/c1-7(2)10(17)15-5-3-4-8(15)9(16)13-11-14-12-6-18-11/h6-8H,3-5H2,1-2H3,(H,13,14,16). The molecule has 6 nitrogen and oxygen atoms in total. The number of amides is 2. The lowest BCUT2D eigenvalue weighted by Crippen LogP contribution is -2.44. The van der Waals surface area contributed by atoms with Crippen molar-refractivity contribution in [1.82, 2.24) is 15.1 Å². The molecule has 7 heteroatoms. The number of rotatable bonds is 3. The minimum absolute atomic E-state index is 0.0323. The molecule has 0 aliphatic carbocycles. The molecule has 1 aromatic heterocycles. The first kappa shape index (κ1) is 12.9. The van der Waals surface area contributed by atoms with Crippen molar-refractivity contribution in [3.05, 3.63) is 5.51 Å². The van der Waals surface area contributed by atoms with Crippen molar-refractivity contribution in [2.24, 2.45) is 5.92 Å². The highest BCUT2D eigenvalue weighted by atomic mass is 32.1. The Morgan fingerprint density at radius 1 is 1.56 bits per heavy atom. The second kappa shape index (κ2) is 5.43. The Balaban J connectivity index is 2.02. The summed E-state index contributed by atoms with van der Waals surface area (Å²) in [4.78, 5) is 25.7. The molecule has 0 radical (unpaired) electrons. The Labute approximate surface area is 109 Å². The van der Waals surface area contributed by atoms with Crippen LogP contribution < -0.4 is 5.32 Å². The molecule has 1 aliphatic rings. The van der Waals surface area contributed by atoms with Gasteiger partial charge < -0.3 is 4.90 Å². The molecule has 0 saturated carbocycles. The number of hydrogen-bond acceptors (Lipinski definition) is 5. The van der Waals surface area contributed by atoms with Gasteiger partial charge in [-0.05, 0) is 12.8 Å². The predicted octanol–water partition coefficient (Wildman–Crippen LogP) is 1.12. The molecule has 1 unspecified atom stereocenters. The van der Waals surface area contributed by atoms with Crippen LogP contribution in [0.2, 0.25) is 0 Å². The molecule has 1 aromatic rings. The maximum Gasteiger partial charge on any atom is 0.249 e. The van der Waals surface area contributed by atoms with E-state index in [1.165, 1.54) is 11.3 Å². The van der Waals surface area contributed by atoms with Gasteiger partial charge in [-0.2, -0.15) is 0 Å². The lowest BCUT2D eigenvalue weighted by molar-refractivity contribution is -0.139. The molecule has 1 aliphatic heterocycles. The first-order valence-electron chi connectivity index (χ1n) is 5.97. The number of likely N-dealkylation sites (tertiary alicyclic amines) is 1. The molecule has 2 rings (SSSR count). The van der Waals surface area contributed by atoms with Gasteiger partial charge >= 0.3 is 0 Å². The van der Waals surface area contributed by atoms with Crippen molar-refractivity contribution in [1.29, 1.82) is 0 Å². The highest BCUT2D eigenvalue weighted by Crippen LogP contribution is 2.21. The molecule has 1 atom stereocenters. The third-order valence-electron chi connectivity index (χ3n) is 2.92. The van der Waals surface area contributed by atoms with E-state index in [0.717, 1.165) is 6.42 Å². The molecular weight excluding hydrogens is 252 g/mol. The fourth-order valence-corrected chi connectivity index (χ4v) is 2.50. The lowest BCUT2D eigenvalue weighted by Gasteiger charge is -2.25. The molecule has 0 spiro atoms. The number of nitrogens with zero attached hydrogens (tertiary/aromatic N) is 3. The Morgan fingerprint density at radius 3 is 2.94 bits per heavy atom. The van der Waals surface area contributed by atoms with Gasteiger partial charge in [0.2, 0.25) is 16.9 Å². The summed E-state index contributed by atoms with van der Waals surface area (Å²) >= 11 is 1.27. The fraction of sp³-hybridized carbons (Fsp3) is 0.636. The van der Waals surface area contributed by atoms with Crippen LogP contribution in [0.1, 0.15) is 26.7 Å². The zero-order valence-electron chi connectivity index (χ0n) is 10.4. The van der Waals surface area contributed by atoms with Gasteiger partial charge in [0.25, 0.3) is 0 Å². The maximum atomic E-state index is 12.1. The first-order chi connectivity index (χ1) is 8.59. The Kier molecular flexibility index (Phi) is 3.90. The largest absolute Gasteiger partial charge is 0.330 e. The summed E-state index contributed by atoms with van der Waals surface area (Å²) in [5, 5.41) is 10.6. The molecule has 0 aromatic carbocycles. The first-order valence-corrected chi connectivity index (χ1v) is 6.85. The maximum absolute atomic E-state index is 12.1. The molecule has 18 heavy (non-hydrogen) atoms. The average Bonchev–Trinajstić information content (AvgIpc) is 2.97. The van der Waals surface area contributed by atoms with E-state index in [1.807, 2.05) is 13.8 Å². The second-order valence-electron chi connectivity index (χ2n) is 4.58. The van der Waals surface area contributed by atoms with Crippen LogP contribution in [0, 0.1) is 5.92 Å². The third-order valence-corrected chi connectivity index (χ3v) is 3.53. The molecule has 2 heterocycles. The van der Waals surface area contributed by atoms with Gasteiger partial charge in [0.1, 0.15) is 11.6 Å². The van der Waals surface area contributed by atoms with Gasteiger partial charge in [-0.15, -0.1) is 10.2 Å². The molecule has 0 bridgehead atoms. The monoisotopic (exact) mass is 268 g/mol. The van der Waals surface area contributed by atoms with Crippen molar-refractivity contribution >= 4 is 28.3 Å². The van der Waals surface area contributed by atoms with Gasteiger partial charge in [0.15, 0.2) is 0 Å². The number of nitrogens with one attached hydrogen (secondary N) is 1. The van der Waals surface area contributed by atoms with E-state index in [9.17, 15) is 9.59 Å². The van der Waals surface area contributed by atoms with Crippen molar-refractivity contribution in [2.45, 2.75) is 32.7 Å².